The Morgan fingerprint density at radius 3 is 3.06 bits per heavy atom. The molecular weight excluding hydrogens is 258 g/mol. The molecule has 8 heteroatoms. The fourth-order valence-electron chi connectivity index (χ4n) is 1.19. The van der Waals surface area contributed by atoms with Crippen LogP contribution in [0.25, 0.3) is 0 Å². The summed E-state index contributed by atoms with van der Waals surface area (Å²) in [5, 5.41) is 9.14. The van der Waals surface area contributed by atoms with E-state index in [0.717, 1.165) is 0 Å². The molecule has 0 aliphatic rings. The van der Waals surface area contributed by atoms with E-state index in [1.807, 2.05) is 6.92 Å². The molecule has 18 heavy (non-hydrogen) atoms. The van der Waals surface area contributed by atoms with Gasteiger partial charge in [0.05, 0.1) is 12.2 Å². The van der Waals surface area contributed by atoms with Gasteiger partial charge in [0, 0.05) is 6.20 Å². The van der Waals surface area contributed by atoms with E-state index < -0.39 is 0 Å². The zero-order chi connectivity index (χ0) is 13.0. The van der Waals surface area contributed by atoms with Crippen molar-refractivity contribution in [2.45, 2.75) is 6.92 Å². The van der Waals surface area contributed by atoms with Crippen LogP contribution in [-0.4, -0.2) is 32.7 Å². The number of carbonyl (C=O) groups is 1. The summed E-state index contributed by atoms with van der Waals surface area (Å²) in [7, 11) is 0. The molecule has 0 saturated heterocycles. The monoisotopic (exact) mass is 267 g/mol. The fraction of sp³-hybridized carbons (Fsp3) is 0.200. The maximum Gasteiger partial charge on any atom is 0.337 e. The molecule has 0 atom stereocenters. The molecule has 0 fully saturated rings. The van der Waals surface area contributed by atoms with Crippen LogP contribution in [-0.2, 0) is 0 Å². The number of aromatic nitrogens is 4. The number of nitrogens with one attached hydrogen (secondary N) is 2. The number of halogens is 1. The van der Waals surface area contributed by atoms with Gasteiger partial charge in [-0.1, -0.05) is 11.6 Å². The molecule has 2 aromatic rings. The van der Waals surface area contributed by atoms with Crippen LogP contribution < -0.4 is 10.1 Å². The van der Waals surface area contributed by atoms with Crippen molar-refractivity contribution in [3.05, 3.63) is 29.0 Å². The lowest BCUT2D eigenvalue weighted by molar-refractivity contribution is 0.102. The third-order valence-electron chi connectivity index (χ3n) is 1.96. The molecule has 2 N–H and O–H groups in total. The number of aromatic amines is 1. The van der Waals surface area contributed by atoms with Crippen LogP contribution in [0.4, 0.5) is 5.95 Å². The van der Waals surface area contributed by atoms with Gasteiger partial charge in [0.15, 0.2) is 0 Å². The molecule has 0 radical (unpaired) electrons. The topological polar surface area (TPSA) is 92.8 Å². The first-order valence-electron chi connectivity index (χ1n) is 5.17. The molecule has 2 aromatic heterocycles. The van der Waals surface area contributed by atoms with Crippen LogP contribution in [0.1, 0.15) is 17.3 Å². The van der Waals surface area contributed by atoms with Crippen molar-refractivity contribution in [1.82, 2.24) is 20.2 Å². The van der Waals surface area contributed by atoms with E-state index >= 15 is 0 Å². The molecule has 94 valence electrons. The Hall–Kier alpha value is -2.15. The molecule has 2 rings (SSSR count). The minimum absolute atomic E-state index is 0.182. The Morgan fingerprint density at radius 1 is 1.56 bits per heavy atom. The highest BCUT2D eigenvalue weighted by atomic mass is 35.5. The maximum atomic E-state index is 11.8. The highest BCUT2D eigenvalue weighted by Crippen LogP contribution is 2.09. The quantitative estimate of drug-likeness (QED) is 0.819. The second-order valence-electron chi connectivity index (χ2n) is 3.22. The highest BCUT2D eigenvalue weighted by molar-refractivity contribution is 6.29. The van der Waals surface area contributed by atoms with Crippen molar-refractivity contribution in [3.8, 4) is 6.01 Å². The summed E-state index contributed by atoms with van der Waals surface area (Å²) in [6.45, 7) is 2.26. The molecule has 0 bridgehead atoms. The van der Waals surface area contributed by atoms with E-state index in [-0.39, 0.29) is 17.9 Å². The first-order chi connectivity index (χ1) is 8.69. The van der Waals surface area contributed by atoms with Crippen molar-refractivity contribution in [2.24, 2.45) is 0 Å². The highest BCUT2D eigenvalue weighted by Gasteiger charge is 2.10. The Labute approximate surface area is 108 Å². The normalized spacial score (nSPS) is 10.1. The largest absolute Gasteiger partial charge is 0.463 e. The number of ether oxygens (including phenoxy) is 1. The van der Waals surface area contributed by atoms with Crippen LogP contribution >= 0.6 is 11.6 Å². The number of carbonyl (C=O) groups excluding carboxylic acids is 1. The number of anilines is 1. The molecule has 0 aliphatic carbocycles. The number of amides is 1. The average molecular weight is 268 g/mol. The van der Waals surface area contributed by atoms with Crippen molar-refractivity contribution in [2.75, 3.05) is 11.9 Å². The summed E-state index contributed by atoms with van der Waals surface area (Å²) in [6.07, 6.45) is 1.37. The predicted octanol–water partition coefficient (Wildman–Crippen LogP) is 1.50. The molecule has 1 amide bonds. The zero-order valence-electron chi connectivity index (χ0n) is 9.48. The fourth-order valence-corrected chi connectivity index (χ4v) is 1.30. The molecular formula is C10H10ClN5O2. The molecule has 0 aromatic carbocycles. The van der Waals surface area contributed by atoms with Gasteiger partial charge in [0.2, 0.25) is 5.95 Å². The predicted molar refractivity (Wildman–Crippen MR) is 64.8 cm³/mol. The lowest BCUT2D eigenvalue weighted by Crippen LogP contribution is -2.13. The molecule has 7 nitrogen and oxygen atoms in total. The summed E-state index contributed by atoms with van der Waals surface area (Å²) in [4.78, 5) is 19.5. The van der Waals surface area contributed by atoms with Crippen LogP contribution in [0, 0.1) is 0 Å². The van der Waals surface area contributed by atoms with Gasteiger partial charge in [-0.2, -0.15) is 4.98 Å². The van der Waals surface area contributed by atoms with E-state index in [4.69, 9.17) is 16.3 Å². The molecule has 0 unspecified atom stereocenters. The van der Waals surface area contributed by atoms with E-state index in [1.165, 1.54) is 12.3 Å². The lowest BCUT2D eigenvalue weighted by atomic mass is 10.3. The number of H-pyrrole nitrogens is 1. The van der Waals surface area contributed by atoms with Crippen molar-refractivity contribution in [3.63, 3.8) is 0 Å². The third kappa shape index (κ3) is 2.95. The first-order valence-corrected chi connectivity index (χ1v) is 5.55. The Morgan fingerprint density at radius 2 is 2.39 bits per heavy atom. The summed E-state index contributed by atoms with van der Waals surface area (Å²) < 4.78 is 5.05. The van der Waals surface area contributed by atoms with Gasteiger partial charge >= 0.3 is 6.01 Å². The van der Waals surface area contributed by atoms with Gasteiger partial charge in [-0.25, -0.2) is 10.1 Å². The minimum atomic E-state index is -0.363. The summed E-state index contributed by atoms with van der Waals surface area (Å²) in [6, 6.07) is 3.27. The second-order valence-corrected chi connectivity index (χ2v) is 3.61. The maximum absolute atomic E-state index is 11.8. The van der Waals surface area contributed by atoms with Crippen LogP contribution in [0.5, 0.6) is 6.01 Å². The van der Waals surface area contributed by atoms with E-state index in [1.54, 1.807) is 6.07 Å². The number of rotatable bonds is 4. The molecule has 0 saturated carbocycles. The van der Waals surface area contributed by atoms with E-state index in [0.29, 0.717) is 17.3 Å². The Kier molecular flexibility index (Phi) is 3.73. The zero-order valence-corrected chi connectivity index (χ0v) is 10.2. The third-order valence-corrected chi connectivity index (χ3v) is 2.18. The number of hydrogen-bond donors (Lipinski definition) is 2. The number of hydrogen-bond acceptors (Lipinski definition) is 5. The number of nitrogens with zero attached hydrogens (tertiary/aromatic N) is 3. The second kappa shape index (κ2) is 5.46. The molecule has 2 heterocycles. The minimum Gasteiger partial charge on any atom is -0.463 e. The smallest absolute Gasteiger partial charge is 0.337 e. The summed E-state index contributed by atoms with van der Waals surface area (Å²) in [5.41, 5.74) is 0.369. The molecule has 0 aliphatic heterocycles. The van der Waals surface area contributed by atoms with Crippen LogP contribution in [0.15, 0.2) is 18.3 Å². The lowest BCUT2D eigenvalue weighted by Gasteiger charge is -2.00. The van der Waals surface area contributed by atoms with Crippen molar-refractivity contribution < 1.29 is 9.53 Å². The van der Waals surface area contributed by atoms with Gasteiger partial charge in [-0.15, -0.1) is 5.10 Å². The summed E-state index contributed by atoms with van der Waals surface area (Å²) in [5.74, 6) is -0.156. The van der Waals surface area contributed by atoms with E-state index in [9.17, 15) is 4.79 Å². The average Bonchev–Trinajstić information content (AvgIpc) is 2.78. The molecule has 0 spiro atoms. The van der Waals surface area contributed by atoms with Crippen LogP contribution in [0.2, 0.25) is 5.15 Å². The first kappa shape index (κ1) is 12.3. The van der Waals surface area contributed by atoms with E-state index in [2.05, 4.69) is 25.5 Å². The van der Waals surface area contributed by atoms with Gasteiger partial charge in [-0.05, 0) is 19.1 Å². The Balaban J connectivity index is 2.04. The summed E-state index contributed by atoms with van der Waals surface area (Å²) >= 11 is 5.63. The SMILES string of the molecule is CCOc1n[nH]c(NC(=O)c2ccc(Cl)nc2)n1. The van der Waals surface area contributed by atoms with Crippen molar-refractivity contribution >= 4 is 23.5 Å². The van der Waals surface area contributed by atoms with Gasteiger partial charge in [0.25, 0.3) is 5.91 Å². The van der Waals surface area contributed by atoms with Crippen LogP contribution in [0.3, 0.4) is 0 Å². The van der Waals surface area contributed by atoms with Gasteiger partial charge in [-0.3, -0.25) is 10.1 Å². The standard InChI is InChI=1S/C10H10ClN5O2/c1-2-18-10-14-9(15-16-10)13-8(17)6-3-4-7(11)12-5-6/h3-5H,2H2,1H3,(H2,13,14,15,16,17). The van der Waals surface area contributed by atoms with Crippen molar-refractivity contribution in [1.29, 1.82) is 0 Å². The van der Waals surface area contributed by atoms with Gasteiger partial charge < -0.3 is 4.74 Å². The van der Waals surface area contributed by atoms with Gasteiger partial charge in [0.1, 0.15) is 5.15 Å². The Bertz CT molecular complexity index is 539. The number of pyridine rings is 1.